The van der Waals surface area contributed by atoms with Crippen LogP contribution in [0.3, 0.4) is 0 Å². The normalized spacial score (nSPS) is 11.4. The van der Waals surface area contributed by atoms with Crippen LogP contribution >= 0.6 is 0 Å². The molecule has 0 aliphatic rings. The lowest BCUT2D eigenvalue weighted by Gasteiger charge is -2.10. The molecule has 1 heterocycles. The maximum Gasteiger partial charge on any atom is 0.141 e. The first-order chi connectivity index (χ1) is 7.99. The lowest BCUT2D eigenvalue weighted by atomic mass is 10.2. The highest BCUT2D eigenvalue weighted by Gasteiger charge is 2.11. The summed E-state index contributed by atoms with van der Waals surface area (Å²) in [5.74, 6) is 1.51. The summed E-state index contributed by atoms with van der Waals surface area (Å²) in [5, 5.41) is 4.15. The predicted molar refractivity (Wildman–Crippen MR) is 66.7 cm³/mol. The first-order valence-corrected chi connectivity index (χ1v) is 6.02. The fourth-order valence-corrected chi connectivity index (χ4v) is 1.54. The van der Waals surface area contributed by atoms with E-state index < -0.39 is 0 Å². The third-order valence-corrected chi connectivity index (χ3v) is 2.43. The summed E-state index contributed by atoms with van der Waals surface area (Å²) >= 11 is 0. The lowest BCUT2D eigenvalue weighted by Crippen LogP contribution is -2.19. The van der Waals surface area contributed by atoms with Crippen LogP contribution < -0.4 is 0 Å². The highest BCUT2D eigenvalue weighted by atomic mass is 16.1. The molecule has 1 aromatic heterocycles. The van der Waals surface area contributed by atoms with Gasteiger partial charge in [0.1, 0.15) is 17.9 Å². The van der Waals surface area contributed by atoms with Crippen molar-refractivity contribution in [2.75, 3.05) is 20.6 Å². The minimum absolute atomic E-state index is 0.219. The summed E-state index contributed by atoms with van der Waals surface area (Å²) in [6.45, 7) is 5.85. The first-order valence-electron chi connectivity index (χ1n) is 6.02. The molecule has 0 radical (unpaired) electrons. The average molecular weight is 238 g/mol. The van der Waals surface area contributed by atoms with Crippen LogP contribution in [0.5, 0.6) is 0 Å². The fraction of sp³-hybridized carbons (Fsp3) is 0.750. The van der Waals surface area contributed by atoms with Gasteiger partial charge in [-0.25, -0.2) is 9.67 Å². The molecule has 1 aromatic rings. The SMILES string of the molecule is CC(C)Cn1ncnc1CC(=O)CCN(C)C. The summed E-state index contributed by atoms with van der Waals surface area (Å²) < 4.78 is 1.83. The Morgan fingerprint density at radius 2 is 2.18 bits per heavy atom. The number of hydrogen-bond donors (Lipinski definition) is 0. The van der Waals surface area contributed by atoms with Crippen LogP contribution in [0.25, 0.3) is 0 Å². The molecule has 5 nitrogen and oxygen atoms in total. The fourth-order valence-electron chi connectivity index (χ4n) is 1.54. The van der Waals surface area contributed by atoms with E-state index in [1.807, 2.05) is 23.7 Å². The Kier molecular flexibility index (Phi) is 5.28. The molecule has 0 spiro atoms. The van der Waals surface area contributed by atoms with Gasteiger partial charge in [0.25, 0.3) is 0 Å². The van der Waals surface area contributed by atoms with E-state index in [1.54, 1.807) is 0 Å². The molecule has 0 saturated heterocycles. The van der Waals surface area contributed by atoms with Crippen LogP contribution in [0.2, 0.25) is 0 Å². The topological polar surface area (TPSA) is 51.0 Å². The van der Waals surface area contributed by atoms with Gasteiger partial charge in [0, 0.05) is 19.5 Å². The van der Waals surface area contributed by atoms with Crippen LogP contribution in [0.4, 0.5) is 0 Å². The molecule has 0 saturated carbocycles. The Morgan fingerprint density at radius 3 is 2.76 bits per heavy atom. The zero-order valence-electron chi connectivity index (χ0n) is 11.2. The summed E-state index contributed by atoms with van der Waals surface area (Å²) in [4.78, 5) is 17.9. The van der Waals surface area contributed by atoms with Crippen molar-refractivity contribution in [2.24, 2.45) is 5.92 Å². The summed E-state index contributed by atoms with van der Waals surface area (Å²) in [6.07, 6.45) is 2.49. The maximum atomic E-state index is 11.7. The maximum absolute atomic E-state index is 11.7. The summed E-state index contributed by atoms with van der Waals surface area (Å²) in [5.41, 5.74) is 0. The van der Waals surface area contributed by atoms with Crippen LogP contribution in [0.1, 0.15) is 26.1 Å². The third-order valence-electron chi connectivity index (χ3n) is 2.43. The highest BCUT2D eigenvalue weighted by Crippen LogP contribution is 2.03. The van der Waals surface area contributed by atoms with Crippen molar-refractivity contribution in [3.8, 4) is 0 Å². The quantitative estimate of drug-likeness (QED) is 0.711. The summed E-state index contributed by atoms with van der Waals surface area (Å²) in [7, 11) is 3.93. The van der Waals surface area contributed by atoms with Gasteiger partial charge < -0.3 is 4.90 Å². The van der Waals surface area contributed by atoms with E-state index in [0.29, 0.717) is 18.8 Å². The number of Topliss-reactive ketones (excluding diaryl/α,β-unsaturated/α-hetero) is 1. The molecule has 0 unspecified atom stereocenters. The molecule has 0 fully saturated rings. The Hall–Kier alpha value is -1.23. The van der Waals surface area contributed by atoms with E-state index in [2.05, 4.69) is 23.9 Å². The van der Waals surface area contributed by atoms with E-state index >= 15 is 0 Å². The van der Waals surface area contributed by atoms with Crippen molar-refractivity contribution < 1.29 is 4.79 Å². The number of nitrogens with zero attached hydrogens (tertiary/aromatic N) is 4. The second-order valence-corrected chi connectivity index (χ2v) is 5.02. The summed E-state index contributed by atoms with van der Waals surface area (Å²) in [6, 6.07) is 0. The second-order valence-electron chi connectivity index (χ2n) is 5.02. The van der Waals surface area contributed by atoms with Crippen LogP contribution in [-0.4, -0.2) is 46.1 Å². The van der Waals surface area contributed by atoms with Crippen molar-refractivity contribution in [1.82, 2.24) is 19.7 Å². The van der Waals surface area contributed by atoms with Gasteiger partial charge in [-0.05, 0) is 20.0 Å². The molecule has 96 valence electrons. The van der Waals surface area contributed by atoms with Crippen molar-refractivity contribution in [3.63, 3.8) is 0 Å². The Balaban J connectivity index is 2.50. The minimum atomic E-state index is 0.219. The smallest absolute Gasteiger partial charge is 0.141 e. The molecule has 0 amide bonds. The van der Waals surface area contributed by atoms with Crippen molar-refractivity contribution in [1.29, 1.82) is 0 Å². The van der Waals surface area contributed by atoms with Gasteiger partial charge in [-0.15, -0.1) is 0 Å². The Morgan fingerprint density at radius 1 is 1.47 bits per heavy atom. The predicted octanol–water partition coefficient (Wildman–Crippen LogP) is 0.997. The van der Waals surface area contributed by atoms with E-state index in [-0.39, 0.29) is 5.78 Å². The third kappa shape index (κ3) is 5.08. The lowest BCUT2D eigenvalue weighted by molar-refractivity contribution is -0.118. The number of carbonyl (C=O) groups is 1. The van der Waals surface area contributed by atoms with Gasteiger partial charge in [0.15, 0.2) is 0 Å². The number of carbonyl (C=O) groups excluding carboxylic acids is 1. The number of hydrogen-bond acceptors (Lipinski definition) is 4. The zero-order chi connectivity index (χ0) is 12.8. The second kappa shape index (κ2) is 6.49. The number of ketones is 1. The monoisotopic (exact) mass is 238 g/mol. The molecule has 1 rings (SSSR count). The molecular weight excluding hydrogens is 216 g/mol. The average Bonchev–Trinajstić information content (AvgIpc) is 2.62. The molecule has 0 aliphatic carbocycles. The molecule has 0 aliphatic heterocycles. The van der Waals surface area contributed by atoms with Gasteiger partial charge in [-0.2, -0.15) is 5.10 Å². The van der Waals surface area contributed by atoms with Gasteiger partial charge in [-0.1, -0.05) is 13.8 Å². The molecule has 0 aromatic carbocycles. The van der Waals surface area contributed by atoms with E-state index in [4.69, 9.17) is 0 Å². The largest absolute Gasteiger partial charge is 0.309 e. The number of rotatable bonds is 7. The van der Waals surface area contributed by atoms with Crippen molar-refractivity contribution in [3.05, 3.63) is 12.2 Å². The molecule has 0 bridgehead atoms. The molecular formula is C12H22N4O. The highest BCUT2D eigenvalue weighted by molar-refractivity contribution is 5.80. The Labute approximate surface area is 103 Å². The molecule has 0 N–H and O–H groups in total. The molecule has 17 heavy (non-hydrogen) atoms. The molecule has 0 atom stereocenters. The van der Waals surface area contributed by atoms with Crippen molar-refractivity contribution in [2.45, 2.75) is 33.2 Å². The number of aromatic nitrogens is 3. The Bertz CT molecular complexity index is 357. The van der Waals surface area contributed by atoms with E-state index in [9.17, 15) is 4.79 Å². The van der Waals surface area contributed by atoms with Gasteiger partial charge in [0.2, 0.25) is 0 Å². The zero-order valence-corrected chi connectivity index (χ0v) is 11.2. The van der Waals surface area contributed by atoms with E-state index in [1.165, 1.54) is 6.33 Å². The van der Waals surface area contributed by atoms with Crippen LogP contribution in [-0.2, 0) is 17.8 Å². The van der Waals surface area contributed by atoms with Crippen LogP contribution in [0, 0.1) is 5.92 Å². The molecule has 5 heteroatoms. The van der Waals surface area contributed by atoms with Gasteiger partial charge >= 0.3 is 0 Å². The standard InChI is InChI=1S/C12H22N4O/c1-10(2)8-16-12(13-9-14-16)7-11(17)5-6-15(3)4/h9-10H,5-8H2,1-4H3. The van der Waals surface area contributed by atoms with E-state index in [0.717, 1.165) is 18.9 Å². The van der Waals surface area contributed by atoms with Crippen LogP contribution in [0.15, 0.2) is 6.33 Å². The van der Waals surface area contributed by atoms with Gasteiger partial charge in [-0.3, -0.25) is 4.79 Å². The van der Waals surface area contributed by atoms with Gasteiger partial charge in [0.05, 0.1) is 6.42 Å². The minimum Gasteiger partial charge on any atom is -0.309 e. The first kappa shape index (κ1) is 13.8. The van der Waals surface area contributed by atoms with Crippen molar-refractivity contribution >= 4 is 5.78 Å².